The fraction of sp³-hybridized carbons (Fsp3) is 0.222. The average Bonchev–Trinajstić information content (AvgIpc) is 3.00. The molecule has 3 aliphatic rings. The highest BCUT2D eigenvalue weighted by Crippen LogP contribution is 2.57. The average molecular weight is 634 g/mol. The summed E-state index contributed by atoms with van der Waals surface area (Å²) in [6.45, 7) is -1.25. The largest absolute Gasteiger partial charge is 0.504 e. The summed E-state index contributed by atoms with van der Waals surface area (Å²) in [5.41, 5.74) is -5.22. The normalized spacial score (nSPS) is 20.0. The number of aliphatic hydroxyl groups is 3. The highest BCUT2D eigenvalue weighted by molar-refractivity contribution is 6.10. The van der Waals surface area contributed by atoms with Crippen LogP contribution in [0.2, 0.25) is 0 Å². The number of hydrogen-bond acceptors (Lipinski definition) is 18. The Balaban J connectivity index is 1.67. The Kier molecular flexibility index (Phi) is 7.28. The second-order valence-corrected chi connectivity index (χ2v) is 9.89. The molecule has 3 heterocycles. The Labute approximate surface area is 248 Å². The second kappa shape index (κ2) is 10.7. The van der Waals surface area contributed by atoms with Crippen molar-refractivity contribution in [1.82, 2.24) is 0 Å². The fourth-order valence-corrected chi connectivity index (χ4v) is 5.06. The lowest BCUT2D eigenvalue weighted by molar-refractivity contribution is -0.152. The van der Waals surface area contributed by atoms with E-state index in [-0.39, 0.29) is 0 Å². The monoisotopic (exact) mass is 634 g/mol. The van der Waals surface area contributed by atoms with Crippen molar-refractivity contribution in [2.24, 2.45) is 0 Å². The van der Waals surface area contributed by atoms with Crippen LogP contribution in [0.3, 0.4) is 0 Å². The maximum Gasteiger partial charge on any atom is 0.339 e. The molecule has 0 fully saturated rings. The van der Waals surface area contributed by atoms with E-state index in [4.69, 9.17) is 14.2 Å². The van der Waals surface area contributed by atoms with E-state index in [1.165, 1.54) is 0 Å². The van der Waals surface area contributed by atoms with Gasteiger partial charge in [-0.15, -0.1) is 0 Å². The molecule has 12 N–H and O–H groups in total. The molecule has 0 amide bonds. The minimum atomic E-state index is -2.43. The Hall–Kier alpha value is -5.85. The number of phenolic OH excluding ortho intramolecular Hbond substituents is 9. The van der Waals surface area contributed by atoms with E-state index in [2.05, 4.69) is 0 Å². The van der Waals surface area contributed by atoms with Gasteiger partial charge in [0.05, 0.1) is 23.3 Å². The molecule has 4 bridgehead atoms. The molecule has 0 saturated carbocycles. The zero-order chi connectivity index (χ0) is 33.2. The van der Waals surface area contributed by atoms with Crippen LogP contribution in [0.15, 0.2) is 18.2 Å². The summed E-state index contributed by atoms with van der Waals surface area (Å²) < 4.78 is 15.5. The van der Waals surface area contributed by atoms with Gasteiger partial charge in [0.2, 0.25) is 11.5 Å². The first-order valence-corrected chi connectivity index (χ1v) is 12.5. The number of rotatable bonds is 5. The third kappa shape index (κ3) is 4.60. The minimum absolute atomic E-state index is 0.510. The molecule has 238 valence electrons. The van der Waals surface area contributed by atoms with Gasteiger partial charge in [0, 0.05) is 16.7 Å². The number of benzene rings is 3. The van der Waals surface area contributed by atoms with Crippen molar-refractivity contribution in [1.29, 1.82) is 0 Å². The summed E-state index contributed by atoms with van der Waals surface area (Å²) in [5, 5.41) is 124. The van der Waals surface area contributed by atoms with E-state index in [9.17, 15) is 75.7 Å². The van der Waals surface area contributed by atoms with E-state index >= 15 is 0 Å². The van der Waals surface area contributed by atoms with Crippen molar-refractivity contribution in [3.8, 4) is 62.9 Å². The molecule has 0 radical (unpaired) electrons. The standard InChI is InChI=1S/C27H22O18/c28-4-10(43-25(40)5-1-7(29)15(32)8(30)2-5)17(34)23-24-21(38)14-13(27(42)45-24)12(19(36)22(39)20(14)37)11-6(26(41)44-23)3-9(31)16(33)18(11)35/h1-3,10,17,21,23-24,28-39H,4H2/t10-,17-,21+,23?,24+/m1/s1. The van der Waals surface area contributed by atoms with Crippen molar-refractivity contribution < 1.29 is 89.9 Å². The summed E-state index contributed by atoms with van der Waals surface area (Å²) >= 11 is 0. The van der Waals surface area contributed by atoms with E-state index < -0.39 is 140 Å². The van der Waals surface area contributed by atoms with Crippen molar-refractivity contribution in [2.75, 3.05) is 6.61 Å². The maximum absolute atomic E-state index is 13.4. The Morgan fingerprint density at radius 3 is 1.91 bits per heavy atom. The predicted octanol–water partition coefficient (Wildman–Crippen LogP) is -0.606. The van der Waals surface area contributed by atoms with Gasteiger partial charge in [-0.2, -0.15) is 0 Å². The summed E-state index contributed by atoms with van der Waals surface area (Å²) in [6, 6.07) is 1.81. The highest BCUT2D eigenvalue weighted by atomic mass is 16.6. The molecule has 3 aromatic carbocycles. The number of fused-ring (bicyclic) bond motifs is 3. The topological polar surface area (TPSA) is 322 Å². The zero-order valence-corrected chi connectivity index (χ0v) is 22.1. The van der Waals surface area contributed by atoms with Gasteiger partial charge in [0.1, 0.15) is 12.2 Å². The fourth-order valence-electron chi connectivity index (χ4n) is 5.06. The van der Waals surface area contributed by atoms with Gasteiger partial charge in [0.15, 0.2) is 58.6 Å². The van der Waals surface area contributed by atoms with Gasteiger partial charge in [0.25, 0.3) is 0 Å². The Morgan fingerprint density at radius 1 is 0.733 bits per heavy atom. The number of ether oxygens (including phenoxy) is 3. The lowest BCUT2D eigenvalue weighted by Crippen LogP contribution is -2.54. The molecule has 3 aliphatic heterocycles. The smallest absolute Gasteiger partial charge is 0.339 e. The number of esters is 3. The molecule has 1 unspecified atom stereocenters. The number of hydrogen-bond donors (Lipinski definition) is 12. The third-order valence-electron chi connectivity index (χ3n) is 7.27. The molecule has 0 saturated heterocycles. The molecule has 5 atom stereocenters. The molecular formula is C27H22O18. The number of carbonyl (C=O) groups excluding carboxylic acids is 3. The first kappa shape index (κ1) is 30.6. The molecular weight excluding hydrogens is 612 g/mol. The third-order valence-corrected chi connectivity index (χ3v) is 7.27. The van der Waals surface area contributed by atoms with Crippen molar-refractivity contribution in [3.63, 3.8) is 0 Å². The van der Waals surface area contributed by atoms with Crippen molar-refractivity contribution >= 4 is 17.9 Å². The van der Waals surface area contributed by atoms with Crippen LogP contribution in [0.25, 0.3) is 11.1 Å². The van der Waals surface area contributed by atoms with Crippen LogP contribution in [0.1, 0.15) is 42.7 Å². The molecule has 0 aromatic heterocycles. The van der Waals surface area contributed by atoms with Crippen LogP contribution in [0.4, 0.5) is 0 Å². The molecule has 6 rings (SSSR count). The van der Waals surface area contributed by atoms with Crippen LogP contribution < -0.4 is 0 Å². The van der Waals surface area contributed by atoms with Crippen molar-refractivity contribution in [3.05, 3.63) is 40.5 Å². The van der Waals surface area contributed by atoms with E-state index in [0.717, 1.165) is 0 Å². The first-order chi connectivity index (χ1) is 21.1. The SMILES string of the molecule is O=C(O[C@H](CO)[C@@H](O)C1OC(=O)c2cc(O)c(O)c(O)c2-c2c(O)c(O)c(O)c3c2C(=O)O[C@H]1[C@H]3O)c1cc(O)c(O)c(O)c1. The molecule has 18 nitrogen and oxygen atoms in total. The lowest BCUT2D eigenvalue weighted by atomic mass is 9.82. The summed E-state index contributed by atoms with van der Waals surface area (Å²) in [7, 11) is 0. The lowest BCUT2D eigenvalue weighted by Gasteiger charge is -2.39. The number of aliphatic hydroxyl groups excluding tert-OH is 3. The van der Waals surface area contributed by atoms with Crippen LogP contribution in [0, 0.1) is 0 Å². The van der Waals surface area contributed by atoms with Crippen molar-refractivity contribution in [2.45, 2.75) is 30.5 Å². The highest BCUT2D eigenvalue weighted by Gasteiger charge is 2.52. The van der Waals surface area contributed by atoms with Crippen LogP contribution in [0.5, 0.6) is 51.7 Å². The van der Waals surface area contributed by atoms with Gasteiger partial charge >= 0.3 is 17.9 Å². The Morgan fingerprint density at radius 2 is 1.31 bits per heavy atom. The first-order valence-electron chi connectivity index (χ1n) is 12.5. The van der Waals surface area contributed by atoms with E-state index in [1.54, 1.807) is 0 Å². The number of phenols is 9. The summed E-state index contributed by atoms with van der Waals surface area (Å²) in [5.74, 6) is -15.2. The molecule has 0 aliphatic carbocycles. The van der Waals surface area contributed by atoms with Crippen LogP contribution in [-0.4, -0.2) is 110 Å². The zero-order valence-electron chi connectivity index (χ0n) is 22.1. The molecule has 3 aromatic rings. The second-order valence-electron chi connectivity index (χ2n) is 9.89. The van der Waals surface area contributed by atoms with E-state index in [0.29, 0.717) is 18.2 Å². The van der Waals surface area contributed by atoms with Crippen LogP contribution >= 0.6 is 0 Å². The Bertz CT molecular complexity index is 1760. The quantitative estimate of drug-likeness (QED) is 0.0946. The maximum atomic E-state index is 13.4. The van der Waals surface area contributed by atoms with Gasteiger partial charge in [-0.05, 0) is 18.2 Å². The molecule has 45 heavy (non-hydrogen) atoms. The van der Waals surface area contributed by atoms with Gasteiger partial charge < -0.3 is 75.5 Å². The molecule has 0 spiro atoms. The van der Waals surface area contributed by atoms with Gasteiger partial charge in [-0.25, -0.2) is 14.4 Å². The van der Waals surface area contributed by atoms with Gasteiger partial charge in [-0.1, -0.05) is 0 Å². The van der Waals surface area contributed by atoms with E-state index in [1.807, 2.05) is 0 Å². The predicted molar refractivity (Wildman–Crippen MR) is 139 cm³/mol. The summed E-state index contributed by atoms with van der Waals surface area (Å²) in [6.07, 6.45) is -11.4. The number of carbonyl (C=O) groups is 3. The molecule has 18 heteroatoms. The summed E-state index contributed by atoms with van der Waals surface area (Å²) in [4.78, 5) is 39.5. The minimum Gasteiger partial charge on any atom is -0.504 e. The van der Waals surface area contributed by atoms with Crippen LogP contribution in [-0.2, 0) is 14.2 Å². The number of aromatic hydroxyl groups is 9. The van der Waals surface area contributed by atoms with Gasteiger partial charge in [-0.3, -0.25) is 0 Å².